The van der Waals surface area contributed by atoms with Crippen LogP contribution in [-0.2, 0) is 0 Å². The highest BCUT2D eigenvalue weighted by atomic mass is 15.0. The molecular weight excluding hydrogens is 194 g/mol. The molecule has 0 atom stereocenters. The van der Waals surface area contributed by atoms with Gasteiger partial charge in [0, 0.05) is 11.2 Å². The molecule has 16 heavy (non-hydrogen) atoms. The van der Waals surface area contributed by atoms with E-state index in [9.17, 15) is 0 Å². The van der Waals surface area contributed by atoms with E-state index in [1.807, 2.05) is 0 Å². The van der Waals surface area contributed by atoms with Crippen molar-refractivity contribution in [2.75, 3.05) is 0 Å². The highest BCUT2D eigenvalue weighted by Crippen LogP contribution is 2.24. The Morgan fingerprint density at radius 3 is 2.00 bits per heavy atom. The maximum atomic E-state index is 4.14. The van der Waals surface area contributed by atoms with E-state index in [0.29, 0.717) is 5.41 Å². The Morgan fingerprint density at radius 1 is 1.12 bits per heavy atom. The van der Waals surface area contributed by atoms with Crippen molar-refractivity contribution in [3.05, 3.63) is 12.3 Å². The Morgan fingerprint density at radius 2 is 1.62 bits per heavy atom. The molecule has 1 nitrogen and oxygen atoms in total. The highest BCUT2D eigenvalue weighted by Gasteiger charge is 2.20. The van der Waals surface area contributed by atoms with Gasteiger partial charge in [-0.3, -0.25) is 0 Å². The van der Waals surface area contributed by atoms with Crippen molar-refractivity contribution < 1.29 is 0 Å². The molecule has 0 heterocycles. The maximum Gasteiger partial charge on any atom is 0.0314 e. The van der Waals surface area contributed by atoms with Gasteiger partial charge in [-0.2, -0.15) is 0 Å². The fourth-order valence-corrected chi connectivity index (χ4v) is 1.87. The molecule has 96 valence electrons. The zero-order valence-corrected chi connectivity index (χ0v) is 12.4. The first-order chi connectivity index (χ1) is 7.02. The van der Waals surface area contributed by atoms with E-state index in [1.165, 1.54) is 18.5 Å². The van der Waals surface area contributed by atoms with Crippen molar-refractivity contribution in [3.8, 4) is 0 Å². The van der Waals surface area contributed by atoms with Crippen LogP contribution in [-0.4, -0.2) is 5.54 Å². The van der Waals surface area contributed by atoms with Crippen LogP contribution >= 0.6 is 0 Å². The fourth-order valence-electron chi connectivity index (χ4n) is 1.87. The molecule has 1 N–H and O–H groups in total. The number of nitrogens with one attached hydrogen (secondary N) is 1. The van der Waals surface area contributed by atoms with E-state index >= 15 is 0 Å². The molecule has 0 aliphatic rings. The van der Waals surface area contributed by atoms with Crippen molar-refractivity contribution >= 4 is 0 Å². The molecule has 0 aromatic rings. The summed E-state index contributed by atoms with van der Waals surface area (Å²) in [5.41, 5.74) is 1.66. The van der Waals surface area contributed by atoms with E-state index in [0.717, 1.165) is 12.3 Å². The van der Waals surface area contributed by atoms with Crippen LogP contribution in [0.2, 0.25) is 0 Å². The van der Waals surface area contributed by atoms with Crippen LogP contribution in [0, 0.1) is 11.3 Å². The van der Waals surface area contributed by atoms with Crippen molar-refractivity contribution in [2.45, 2.75) is 73.3 Å². The summed E-state index contributed by atoms with van der Waals surface area (Å²) in [7, 11) is 0. The molecule has 0 aliphatic heterocycles. The third-order valence-corrected chi connectivity index (χ3v) is 2.61. The van der Waals surface area contributed by atoms with Crippen molar-refractivity contribution in [1.29, 1.82) is 0 Å². The minimum absolute atomic E-state index is 0.173. The van der Waals surface area contributed by atoms with Crippen LogP contribution in [0.5, 0.6) is 0 Å². The summed E-state index contributed by atoms with van der Waals surface area (Å²) in [6.45, 7) is 20.0. The second-order valence-electron chi connectivity index (χ2n) is 7.28. The number of rotatable bonds is 6. The minimum Gasteiger partial charge on any atom is -0.384 e. The molecule has 0 aromatic carbocycles. The van der Waals surface area contributed by atoms with Crippen LogP contribution in [0.4, 0.5) is 0 Å². The summed E-state index contributed by atoms with van der Waals surface area (Å²) < 4.78 is 0. The van der Waals surface area contributed by atoms with Gasteiger partial charge in [0.1, 0.15) is 0 Å². The lowest BCUT2D eigenvalue weighted by Crippen LogP contribution is -2.39. The molecule has 0 saturated carbocycles. The van der Waals surface area contributed by atoms with Gasteiger partial charge >= 0.3 is 0 Å². The molecule has 0 saturated heterocycles. The smallest absolute Gasteiger partial charge is 0.0314 e. The zero-order chi connectivity index (χ0) is 13.0. The lowest BCUT2D eigenvalue weighted by atomic mass is 9.88. The number of allylic oxidation sites excluding steroid dienone is 1. The first kappa shape index (κ1) is 15.5. The highest BCUT2D eigenvalue weighted by molar-refractivity contribution is 5.00. The van der Waals surface area contributed by atoms with Crippen LogP contribution < -0.4 is 5.32 Å². The van der Waals surface area contributed by atoms with Gasteiger partial charge in [-0.15, -0.1) is 0 Å². The molecule has 0 aromatic heterocycles. The van der Waals surface area contributed by atoms with Crippen molar-refractivity contribution in [2.24, 2.45) is 11.3 Å². The Hall–Kier alpha value is -0.460. The van der Waals surface area contributed by atoms with Crippen LogP contribution in [0.3, 0.4) is 0 Å². The monoisotopic (exact) mass is 225 g/mol. The quantitative estimate of drug-likeness (QED) is 0.688. The predicted octanol–water partition coefficient (Wildman–Crippen LogP) is 4.74. The Bertz CT molecular complexity index is 218. The lowest BCUT2D eigenvalue weighted by molar-refractivity contribution is 0.330. The summed E-state index contributed by atoms with van der Waals surface area (Å²) in [5.74, 6) is 0.775. The summed E-state index contributed by atoms with van der Waals surface area (Å²) in [5, 5.41) is 3.57. The summed E-state index contributed by atoms with van der Waals surface area (Å²) in [6, 6.07) is 0. The van der Waals surface area contributed by atoms with Gasteiger partial charge in [-0.05, 0) is 44.4 Å². The average Bonchev–Trinajstić information content (AvgIpc) is 1.95. The molecule has 0 rings (SSSR count). The normalized spacial score (nSPS) is 13.0. The average molecular weight is 225 g/mol. The first-order valence-electron chi connectivity index (χ1n) is 6.48. The van der Waals surface area contributed by atoms with Crippen LogP contribution in [0.15, 0.2) is 12.3 Å². The lowest BCUT2D eigenvalue weighted by Gasteiger charge is -2.31. The van der Waals surface area contributed by atoms with Crippen molar-refractivity contribution in [3.63, 3.8) is 0 Å². The molecule has 0 bridgehead atoms. The third-order valence-electron chi connectivity index (χ3n) is 2.61. The molecule has 0 spiro atoms. The Kier molecular flexibility index (Phi) is 5.58. The van der Waals surface area contributed by atoms with Gasteiger partial charge in [0.15, 0.2) is 0 Å². The van der Waals surface area contributed by atoms with Crippen molar-refractivity contribution in [1.82, 2.24) is 5.32 Å². The summed E-state index contributed by atoms with van der Waals surface area (Å²) >= 11 is 0. The molecule has 0 radical (unpaired) electrons. The van der Waals surface area contributed by atoms with E-state index in [4.69, 9.17) is 0 Å². The molecule has 0 amide bonds. The predicted molar refractivity (Wildman–Crippen MR) is 74.5 cm³/mol. The van der Waals surface area contributed by atoms with Gasteiger partial charge < -0.3 is 5.32 Å². The molecule has 0 unspecified atom stereocenters. The van der Waals surface area contributed by atoms with Crippen LogP contribution in [0.1, 0.15) is 67.7 Å². The second-order valence-corrected chi connectivity index (χ2v) is 7.28. The van der Waals surface area contributed by atoms with E-state index in [1.54, 1.807) is 0 Å². The van der Waals surface area contributed by atoms with Gasteiger partial charge in [0.05, 0.1) is 0 Å². The van der Waals surface area contributed by atoms with Gasteiger partial charge in [0.2, 0.25) is 0 Å². The number of hydrogen-bond donors (Lipinski definition) is 1. The maximum absolute atomic E-state index is 4.14. The third kappa shape index (κ3) is 8.82. The van der Waals surface area contributed by atoms with Gasteiger partial charge in [-0.1, -0.05) is 41.2 Å². The van der Waals surface area contributed by atoms with Crippen LogP contribution in [0.25, 0.3) is 0 Å². The molecule has 0 aliphatic carbocycles. The van der Waals surface area contributed by atoms with Gasteiger partial charge in [0.25, 0.3) is 0 Å². The summed E-state index contributed by atoms with van der Waals surface area (Å²) in [6.07, 6.45) is 3.51. The molecular formula is C15H31N. The zero-order valence-electron chi connectivity index (χ0n) is 12.4. The topological polar surface area (TPSA) is 12.0 Å². The van der Waals surface area contributed by atoms with E-state index < -0.39 is 0 Å². The number of hydrogen-bond acceptors (Lipinski definition) is 1. The second kappa shape index (κ2) is 5.75. The van der Waals surface area contributed by atoms with E-state index in [2.05, 4.69) is 60.4 Å². The standard InChI is InChI=1S/C15H31N/c1-12(2)9-10-15(7,8)16-13(3)11-14(4,5)6/h12,16H,3,9-11H2,1-2,4-8H3. The first-order valence-corrected chi connectivity index (χ1v) is 6.48. The molecule has 0 fully saturated rings. The SMILES string of the molecule is C=C(CC(C)(C)C)NC(C)(C)CCC(C)C. The summed E-state index contributed by atoms with van der Waals surface area (Å²) in [4.78, 5) is 0. The van der Waals surface area contributed by atoms with Gasteiger partial charge in [-0.25, -0.2) is 0 Å². The fraction of sp³-hybridized carbons (Fsp3) is 0.867. The molecule has 1 heteroatoms. The Balaban J connectivity index is 4.10. The largest absolute Gasteiger partial charge is 0.384 e. The van der Waals surface area contributed by atoms with E-state index in [-0.39, 0.29) is 5.54 Å². The Labute approximate surface area is 103 Å². The minimum atomic E-state index is 0.173.